The van der Waals surface area contributed by atoms with Gasteiger partial charge in [0.05, 0.1) is 17.9 Å². The Morgan fingerprint density at radius 1 is 1.45 bits per heavy atom. The molecule has 1 aromatic rings. The Morgan fingerprint density at radius 2 is 2.14 bits per heavy atom. The van der Waals surface area contributed by atoms with Crippen molar-refractivity contribution in [2.75, 3.05) is 5.32 Å². The quantitative estimate of drug-likeness (QED) is 0.576. The molecule has 0 aliphatic rings. The zero-order valence-corrected chi connectivity index (χ0v) is 14.3. The molecule has 4 N–H and O–H groups in total. The summed E-state index contributed by atoms with van der Waals surface area (Å²) >= 11 is 0. The van der Waals surface area contributed by atoms with E-state index in [-0.39, 0.29) is 16.6 Å². The van der Waals surface area contributed by atoms with Crippen LogP contribution < -0.4 is 11.1 Å². The van der Waals surface area contributed by atoms with Crippen LogP contribution in [-0.4, -0.2) is 26.4 Å². The van der Waals surface area contributed by atoms with Crippen molar-refractivity contribution in [1.29, 1.82) is 4.78 Å². The Balaban J connectivity index is 2.52. The number of nitrogens with zero attached hydrogens (tertiary/aromatic N) is 1. The van der Waals surface area contributed by atoms with Crippen molar-refractivity contribution in [2.45, 2.75) is 51.3 Å². The van der Waals surface area contributed by atoms with Crippen LogP contribution >= 0.6 is 0 Å². The van der Waals surface area contributed by atoms with Gasteiger partial charge in [0.15, 0.2) is 0 Å². The molecule has 0 saturated carbocycles. The number of carbonyl (C=O) groups excluding carboxylic acids is 1. The molecule has 124 valence electrons. The fourth-order valence-corrected chi connectivity index (χ4v) is 3.28. The van der Waals surface area contributed by atoms with E-state index in [2.05, 4.69) is 10.3 Å². The molecule has 7 heteroatoms. The smallest absolute Gasteiger partial charge is 0.241 e. The molecule has 0 radical (unpaired) electrons. The van der Waals surface area contributed by atoms with Gasteiger partial charge in [-0.25, -0.2) is 0 Å². The Bertz CT molecular complexity index is 544. The SMILES string of the molecule is CC(C)(C)C[C@H](CC[C@H](N)C(=O)Nc1cccnc1)[SH](=N)=O. The third-order valence-corrected chi connectivity index (χ3v) is 4.36. The fraction of sp³-hybridized carbons (Fsp3) is 0.600. The minimum atomic E-state index is -2.02. The summed E-state index contributed by atoms with van der Waals surface area (Å²) in [4.78, 5) is 15.9. The van der Waals surface area contributed by atoms with Crippen molar-refractivity contribution >= 4 is 22.2 Å². The predicted molar refractivity (Wildman–Crippen MR) is 90.2 cm³/mol. The van der Waals surface area contributed by atoms with Gasteiger partial charge in [-0.15, -0.1) is 0 Å². The second kappa shape index (κ2) is 8.24. The summed E-state index contributed by atoms with van der Waals surface area (Å²) < 4.78 is 19.1. The molecular weight excluding hydrogens is 300 g/mol. The van der Waals surface area contributed by atoms with E-state index in [9.17, 15) is 9.00 Å². The second-order valence-electron chi connectivity index (χ2n) is 6.66. The van der Waals surface area contributed by atoms with Crippen LogP contribution in [0.25, 0.3) is 0 Å². The fourth-order valence-electron chi connectivity index (χ4n) is 2.18. The van der Waals surface area contributed by atoms with E-state index in [1.807, 2.05) is 20.8 Å². The van der Waals surface area contributed by atoms with Crippen molar-refractivity contribution in [2.24, 2.45) is 11.1 Å². The van der Waals surface area contributed by atoms with Crippen LogP contribution in [0.1, 0.15) is 40.0 Å². The highest BCUT2D eigenvalue weighted by Gasteiger charge is 2.22. The highest BCUT2D eigenvalue weighted by Crippen LogP contribution is 2.25. The highest BCUT2D eigenvalue weighted by atomic mass is 32.2. The number of thiol groups is 1. The summed E-state index contributed by atoms with van der Waals surface area (Å²) in [6.07, 6.45) is 4.78. The number of amides is 1. The van der Waals surface area contributed by atoms with Gasteiger partial charge in [0, 0.05) is 22.0 Å². The highest BCUT2D eigenvalue weighted by molar-refractivity contribution is 7.74. The summed E-state index contributed by atoms with van der Waals surface area (Å²) in [5, 5.41) is 2.47. The molecule has 1 aromatic heterocycles. The first-order chi connectivity index (χ1) is 10.2. The molecule has 0 aliphatic carbocycles. The Hall–Kier alpha value is -1.47. The van der Waals surface area contributed by atoms with E-state index in [0.717, 1.165) is 0 Å². The standard InChI is InChI=1S/C15H26N4O2S/c1-15(2,3)9-12(22(17)21)6-7-13(16)14(20)19-11-5-4-8-18-10-11/h4-5,8,10,12-13,17,22H,6-7,9,16H2,1-3H3,(H,19,20)/t12-,13-/m0/s1. The number of nitrogens with one attached hydrogen (secondary N) is 2. The average molecular weight is 326 g/mol. The van der Waals surface area contributed by atoms with E-state index < -0.39 is 16.6 Å². The molecule has 0 bridgehead atoms. The lowest BCUT2D eigenvalue weighted by molar-refractivity contribution is -0.117. The minimum Gasteiger partial charge on any atom is -0.323 e. The lowest BCUT2D eigenvalue weighted by Crippen LogP contribution is -2.36. The van der Waals surface area contributed by atoms with Gasteiger partial charge in [-0.05, 0) is 36.8 Å². The summed E-state index contributed by atoms with van der Waals surface area (Å²) in [5.74, 6) is -0.289. The van der Waals surface area contributed by atoms with Crippen molar-refractivity contribution < 1.29 is 9.00 Å². The number of nitrogens with two attached hydrogens (primary N) is 1. The topological polar surface area (TPSA) is 109 Å². The van der Waals surface area contributed by atoms with Gasteiger partial charge in [-0.1, -0.05) is 20.8 Å². The lowest BCUT2D eigenvalue weighted by atomic mass is 9.89. The Morgan fingerprint density at radius 3 is 2.64 bits per heavy atom. The van der Waals surface area contributed by atoms with E-state index in [4.69, 9.17) is 10.5 Å². The van der Waals surface area contributed by atoms with Crippen molar-refractivity contribution in [3.05, 3.63) is 24.5 Å². The van der Waals surface area contributed by atoms with Crippen molar-refractivity contribution in [3.8, 4) is 0 Å². The van der Waals surface area contributed by atoms with Gasteiger partial charge in [-0.3, -0.25) is 18.8 Å². The molecular formula is C15H26N4O2S. The molecule has 3 atom stereocenters. The van der Waals surface area contributed by atoms with E-state index in [1.54, 1.807) is 24.5 Å². The van der Waals surface area contributed by atoms with E-state index in [0.29, 0.717) is 24.9 Å². The summed E-state index contributed by atoms with van der Waals surface area (Å²) in [6.45, 7) is 6.15. The molecule has 0 saturated heterocycles. The van der Waals surface area contributed by atoms with Crippen LogP contribution in [0.4, 0.5) is 5.69 Å². The van der Waals surface area contributed by atoms with Gasteiger partial charge >= 0.3 is 0 Å². The third kappa shape index (κ3) is 7.00. The van der Waals surface area contributed by atoms with Gasteiger partial charge in [-0.2, -0.15) is 0 Å². The van der Waals surface area contributed by atoms with E-state index in [1.165, 1.54) is 0 Å². The molecule has 0 aromatic carbocycles. The minimum absolute atomic E-state index is 0.00122. The molecule has 1 unspecified atom stereocenters. The molecule has 1 heterocycles. The number of rotatable bonds is 7. The molecule has 6 nitrogen and oxygen atoms in total. The summed E-state index contributed by atoms with van der Waals surface area (Å²) in [7, 11) is -2.02. The number of hydrogen-bond acceptors (Lipinski definition) is 5. The zero-order valence-electron chi connectivity index (χ0n) is 13.4. The summed E-state index contributed by atoms with van der Waals surface area (Å²) in [6, 6.07) is 2.78. The number of aromatic nitrogens is 1. The molecule has 1 amide bonds. The monoisotopic (exact) mass is 326 g/mol. The molecule has 1 rings (SSSR count). The van der Waals surface area contributed by atoms with Crippen LogP contribution in [0.2, 0.25) is 0 Å². The predicted octanol–water partition coefficient (Wildman–Crippen LogP) is 2.18. The zero-order chi connectivity index (χ0) is 16.8. The largest absolute Gasteiger partial charge is 0.323 e. The maximum Gasteiger partial charge on any atom is 0.241 e. The van der Waals surface area contributed by atoms with Gasteiger partial charge in [0.25, 0.3) is 0 Å². The van der Waals surface area contributed by atoms with Crippen molar-refractivity contribution in [1.82, 2.24) is 4.98 Å². The maximum absolute atomic E-state index is 12.0. The lowest BCUT2D eigenvalue weighted by Gasteiger charge is -2.24. The number of carbonyl (C=O) groups is 1. The number of pyridine rings is 1. The maximum atomic E-state index is 12.0. The molecule has 22 heavy (non-hydrogen) atoms. The van der Waals surface area contributed by atoms with Crippen LogP contribution in [-0.2, 0) is 15.4 Å². The molecule has 0 aliphatic heterocycles. The Labute approximate surface area is 133 Å². The summed E-state index contributed by atoms with van der Waals surface area (Å²) in [5.41, 5.74) is 6.49. The van der Waals surface area contributed by atoms with Crippen LogP contribution in [0, 0.1) is 10.2 Å². The van der Waals surface area contributed by atoms with Crippen LogP contribution in [0.5, 0.6) is 0 Å². The van der Waals surface area contributed by atoms with Crippen LogP contribution in [0.3, 0.4) is 0 Å². The second-order valence-corrected chi connectivity index (χ2v) is 8.04. The first-order valence-corrected chi connectivity index (χ1v) is 8.66. The number of hydrogen-bond donors (Lipinski definition) is 4. The number of anilines is 1. The van der Waals surface area contributed by atoms with Crippen LogP contribution in [0.15, 0.2) is 24.5 Å². The van der Waals surface area contributed by atoms with Gasteiger partial charge < -0.3 is 11.1 Å². The third-order valence-electron chi connectivity index (χ3n) is 3.26. The Kier molecular flexibility index (Phi) is 6.96. The molecule has 0 spiro atoms. The van der Waals surface area contributed by atoms with Crippen molar-refractivity contribution in [3.63, 3.8) is 0 Å². The van der Waals surface area contributed by atoms with Gasteiger partial charge in [0.2, 0.25) is 5.91 Å². The van der Waals surface area contributed by atoms with Gasteiger partial charge in [0.1, 0.15) is 0 Å². The normalized spacial score (nSPS) is 15.8. The average Bonchev–Trinajstić information content (AvgIpc) is 2.42. The first kappa shape index (κ1) is 18.6. The first-order valence-electron chi connectivity index (χ1n) is 7.33. The van der Waals surface area contributed by atoms with E-state index >= 15 is 0 Å². The molecule has 0 fully saturated rings.